The molecule has 154 valence electrons. The van der Waals surface area contributed by atoms with Crippen LogP contribution in [0.2, 0.25) is 0 Å². The summed E-state index contributed by atoms with van der Waals surface area (Å²) >= 11 is 0. The molecular weight excluding hydrogens is 375 g/mol. The zero-order valence-corrected chi connectivity index (χ0v) is 16.4. The average Bonchev–Trinajstić information content (AvgIpc) is 2.73. The zero-order valence-electron chi connectivity index (χ0n) is 16.4. The van der Waals surface area contributed by atoms with Crippen molar-refractivity contribution in [3.8, 4) is 16.9 Å². The number of hydrogen-bond donors (Lipinski definition) is 2. The molecule has 0 saturated carbocycles. The van der Waals surface area contributed by atoms with Gasteiger partial charge in [-0.1, -0.05) is 24.3 Å². The lowest BCUT2D eigenvalue weighted by molar-refractivity contribution is -0.137. The van der Waals surface area contributed by atoms with Crippen LogP contribution < -0.4 is 15.8 Å². The fourth-order valence-electron chi connectivity index (χ4n) is 3.70. The van der Waals surface area contributed by atoms with E-state index in [0.29, 0.717) is 43.8 Å². The molecule has 1 aliphatic rings. The van der Waals surface area contributed by atoms with Crippen LogP contribution in [0.15, 0.2) is 42.5 Å². The number of nitrogens with two attached hydrogens (primary N) is 1. The Labute approximate surface area is 169 Å². The van der Waals surface area contributed by atoms with E-state index in [1.54, 1.807) is 13.2 Å². The molecule has 1 saturated heterocycles. The van der Waals surface area contributed by atoms with Crippen molar-refractivity contribution in [1.29, 1.82) is 0 Å². The zero-order chi connectivity index (χ0) is 20.9. The number of carbonyl (C=O) groups is 2. The van der Waals surface area contributed by atoms with E-state index in [-0.39, 0.29) is 18.3 Å². The lowest BCUT2D eigenvalue weighted by Gasteiger charge is -2.35. The van der Waals surface area contributed by atoms with Crippen LogP contribution in [0.25, 0.3) is 11.1 Å². The first-order chi connectivity index (χ1) is 13.9. The topological polar surface area (TPSA) is 90.6 Å². The van der Waals surface area contributed by atoms with Gasteiger partial charge in [-0.15, -0.1) is 0 Å². The van der Waals surface area contributed by atoms with Crippen molar-refractivity contribution < 1.29 is 23.5 Å². The molecule has 0 aromatic heterocycles. The molecule has 0 radical (unpaired) electrons. The van der Waals surface area contributed by atoms with Crippen LogP contribution in [0.5, 0.6) is 5.75 Å². The smallest absolute Gasteiger partial charge is 0.236 e. The summed E-state index contributed by atoms with van der Waals surface area (Å²) in [6.45, 7) is 0.797. The number of primary amides is 1. The van der Waals surface area contributed by atoms with Crippen molar-refractivity contribution in [2.45, 2.75) is 19.3 Å². The van der Waals surface area contributed by atoms with Crippen LogP contribution in [0.1, 0.15) is 18.4 Å². The summed E-state index contributed by atoms with van der Waals surface area (Å²) in [5.74, 6) is -0.507. The summed E-state index contributed by atoms with van der Waals surface area (Å²) in [4.78, 5) is 23.8. The molecule has 6 nitrogen and oxygen atoms in total. The highest BCUT2D eigenvalue weighted by Gasteiger charge is 2.40. The Morgan fingerprint density at radius 3 is 2.48 bits per heavy atom. The van der Waals surface area contributed by atoms with E-state index >= 15 is 0 Å². The van der Waals surface area contributed by atoms with Gasteiger partial charge in [0.05, 0.1) is 19.1 Å². The van der Waals surface area contributed by atoms with Gasteiger partial charge in [0.15, 0.2) is 0 Å². The summed E-state index contributed by atoms with van der Waals surface area (Å²) < 4.78 is 24.4. The normalized spacial score (nSPS) is 15.5. The predicted octanol–water partition coefficient (Wildman–Crippen LogP) is 2.44. The minimum Gasteiger partial charge on any atom is -0.496 e. The van der Waals surface area contributed by atoms with Crippen LogP contribution >= 0.6 is 0 Å². The maximum Gasteiger partial charge on any atom is 0.236 e. The molecule has 0 aliphatic carbocycles. The number of nitrogens with one attached hydrogen (secondary N) is 1. The SMILES string of the molecule is COc1ccc(F)cc1-c1ccc(CC2(C(=O)NCC(N)=O)CCOCC2)cc1. The number of rotatable bonds is 7. The molecule has 29 heavy (non-hydrogen) atoms. The minimum atomic E-state index is -0.647. The van der Waals surface area contributed by atoms with E-state index in [0.717, 1.165) is 11.1 Å². The Kier molecular flexibility index (Phi) is 6.49. The standard InChI is InChI=1S/C22H25FN2O4/c1-28-19-7-6-17(23)12-18(19)16-4-2-15(3-5-16)13-22(8-10-29-11-9-22)21(27)25-14-20(24)26/h2-7,12H,8-11,13-14H2,1H3,(H2,24,26)(H,25,27). The molecule has 2 aromatic carbocycles. The maximum absolute atomic E-state index is 13.7. The quantitative estimate of drug-likeness (QED) is 0.747. The molecule has 0 atom stereocenters. The number of carbonyl (C=O) groups excluding carboxylic acids is 2. The number of amides is 2. The number of halogens is 1. The van der Waals surface area contributed by atoms with Gasteiger partial charge in [-0.3, -0.25) is 9.59 Å². The Hall–Kier alpha value is -2.93. The van der Waals surface area contributed by atoms with Crippen molar-refractivity contribution in [2.75, 3.05) is 26.9 Å². The van der Waals surface area contributed by atoms with Crippen LogP contribution in [0.3, 0.4) is 0 Å². The fourth-order valence-corrected chi connectivity index (χ4v) is 3.70. The largest absolute Gasteiger partial charge is 0.496 e. The van der Waals surface area contributed by atoms with E-state index in [9.17, 15) is 14.0 Å². The van der Waals surface area contributed by atoms with Crippen molar-refractivity contribution in [3.05, 3.63) is 53.8 Å². The van der Waals surface area contributed by atoms with Gasteiger partial charge in [-0.2, -0.15) is 0 Å². The van der Waals surface area contributed by atoms with Gasteiger partial charge in [0.1, 0.15) is 11.6 Å². The first-order valence-electron chi connectivity index (χ1n) is 9.51. The maximum atomic E-state index is 13.7. The monoisotopic (exact) mass is 400 g/mol. The summed E-state index contributed by atoms with van der Waals surface area (Å²) in [5, 5.41) is 2.64. The minimum absolute atomic E-state index is 0.181. The number of ether oxygens (including phenoxy) is 2. The van der Waals surface area contributed by atoms with Crippen molar-refractivity contribution in [3.63, 3.8) is 0 Å². The number of methoxy groups -OCH3 is 1. The molecule has 1 heterocycles. The lowest BCUT2D eigenvalue weighted by atomic mass is 9.74. The molecule has 7 heteroatoms. The molecule has 1 aliphatic heterocycles. The third kappa shape index (κ3) is 4.92. The van der Waals surface area contributed by atoms with E-state index in [1.807, 2.05) is 24.3 Å². The Morgan fingerprint density at radius 1 is 1.17 bits per heavy atom. The van der Waals surface area contributed by atoms with Gasteiger partial charge in [0.25, 0.3) is 0 Å². The van der Waals surface area contributed by atoms with Gasteiger partial charge in [-0.05, 0) is 48.6 Å². The molecule has 0 spiro atoms. The molecule has 3 rings (SSSR count). The lowest BCUT2D eigenvalue weighted by Crippen LogP contribution is -2.48. The average molecular weight is 400 g/mol. The third-order valence-electron chi connectivity index (χ3n) is 5.32. The Morgan fingerprint density at radius 2 is 1.86 bits per heavy atom. The molecule has 0 unspecified atom stereocenters. The molecule has 2 aromatic rings. The van der Waals surface area contributed by atoms with Crippen molar-refractivity contribution in [2.24, 2.45) is 11.1 Å². The highest BCUT2D eigenvalue weighted by Crippen LogP contribution is 2.36. The Bertz CT molecular complexity index is 877. The highest BCUT2D eigenvalue weighted by atomic mass is 19.1. The molecule has 0 bridgehead atoms. The van der Waals surface area contributed by atoms with Gasteiger partial charge in [-0.25, -0.2) is 4.39 Å². The first-order valence-corrected chi connectivity index (χ1v) is 9.51. The van der Waals surface area contributed by atoms with Crippen LogP contribution in [-0.2, 0) is 20.7 Å². The second-order valence-electron chi connectivity index (χ2n) is 7.26. The fraction of sp³-hybridized carbons (Fsp3) is 0.364. The van der Waals surface area contributed by atoms with Crippen LogP contribution in [-0.4, -0.2) is 38.7 Å². The van der Waals surface area contributed by atoms with Gasteiger partial charge >= 0.3 is 0 Å². The molecule has 2 amide bonds. The number of benzene rings is 2. The first kappa shape index (κ1) is 20.8. The second kappa shape index (κ2) is 9.05. The molecule has 1 fully saturated rings. The van der Waals surface area contributed by atoms with Crippen LogP contribution in [0.4, 0.5) is 4.39 Å². The summed E-state index contributed by atoms with van der Waals surface area (Å²) in [6, 6.07) is 12.0. The number of hydrogen-bond acceptors (Lipinski definition) is 4. The van der Waals surface area contributed by atoms with E-state index in [1.165, 1.54) is 12.1 Å². The highest BCUT2D eigenvalue weighted by molar-refractivity contribution is 5.87. The molecular formula is C22H25FN2O4. The van der Waals surface area contributed by atoms with Crippen molar-refractivity contribution >= 4 is 11.8 Å². The van der Waals surface area contributed by atoms with Gasteiger partial charge in [0.2, 0.25) is 11.8 Å². The van der Waals surface area contributed by atoms with Crippen molar-refractivity contribution in [1.82, 2.24) is 5.32 Å². The van der Waals surface area contributed by atoms with Crippen LogP contribution in [0, 0.1) is 11.2 Å². The molecule has 3 N–H and O–H groups in total. The second-order valence-corrected chi connectivity index (χ2v) is 7.26. The van der Waals surface area contributed by atoms with E-state index < -0.39 is 11.3 Å². The Balaban J connectivity index is 1.82. The predicted molar refractivity (Wildman–Crippen MR) is 107 cm³/mol. The van der Waals surface area contributed by atoms with E-state index in [4.69, 9.17) is 15.2 Å². The summed E-state index contributed by atoms with van der Waals surface area (Å²) in [6.07, 6.45) is 1.65. The van der Waals surface area contributed by atoms with E-state index in [2.05, 4.69) is 5.32 Å². The summed E-state index contributed by atoms with van der Waals surface area (Å²) in [5.41, 5.74) is 6.97. The van der Waals surface area contributed by atoms with Gasteiger partial charge < -0.3 is 20.5 Å². The summed E-state index contributed by atoms with van der Waals surface area (Å²) in [7, 11) is 1.55. The van der Waals surface area contributed by atoms with Gasteiger partial charge in [0, 0.05) is 18.8 Å². The third-order valence-corrected chi connectivity index (χ3v) is 5.32.